The van der Waals surface area contributed by atoms with Crippen molar-refractivity contribution in [1.29, 1.82) is 0 Å². The van der Waals surface area contributed by atoms with Crippen molar-refractivity contribution in [2.24, 2.45) is 5.92 Å². The molecule has 0 aromatic carbocycles. The van der Waals surface area contributed by atoms with E-state index in [1.54, 1.807) is 0 Å². The summed E-state index contributed by atoms with van der Waals surface area (Å²) in [7, 11) is 2.00. The van der Waals surface area contributed by atoms with Gasteiger partial charge in [-0.1, -0.05) is 38.0 Å². The molecular formula is C14H23N. The van der Waals surface area contributed by atoms with Crippen molar-refractivity contribution in [3.05, 3.63) is 23.8 Å². The molecule has 0 fully saturated rings. The smallest absolute Gasteiger partial charge is 0.0270 e. The average molecular weight is 205 g/mol. The topological polar surface area (TPSA) is 12.0 Å². The van der Waals surface area contributed by atoms with E-state index in [0.29, 0.717) is 12.0 Å². The van der Waals surface area contributed by atoms with Gasteiger partial charge in [0.05, 0.1) is 0 Å². The number of hydrogen-bond donors (Lipinski definition) is 1. The van der Waals surface area contributed by atoms with Gasteiger partial charge < -0.3 is 5.32 Å². The van der Waals surface area contributed by atoms with Crippen molar-refractivity contribution < 1.29 is 0 Å². The fourth-order valence-electron chi connectivity index (χ4n) is 1.37. The third-order valence-electron chi connectivity index (χ3n) is 2.28. The zero-order chi connectivity index (χ0) is 11.7. The molecule has 0 bridgehead atoms. The van der Waals surface area contributed by atoms with Crippen LogP contribution in [0, 0.1) is 17.8 Å². The van der Waals surface area contributed by atoms with Gasteiger partial charge in [0.25, 0.3) is 0 Å². The molecule has 0 aromatic heterocycles. The third-order valence-corrected chi connectivity index (χ3v) is 2.28. The Balaban J connectivity index is 4.07. The standard InChI is InChI=1S/C14H23N/c1-6-9-13(4)10-7-8-11-14(15-5)12(2)3/h8,10-12,14-15H,7H2,1-5H3/b11-8-,13-10+. The molecule has 0 heterocycles. The molecule has 1 unspecified atom stereocenters. The molecule has 1 nitrogen and oxygen atoms in total. The first-order chi connectivity index (χ1) is 7.11. The van der Waals surface area contributed by atoms with Crippen molar-refractivity contribution in [2.45, 2.75) is 40.2 Å². The number of nitrogens with one attached hydrogen (secondary N) is 1. The van der Waals surface area contributed by atoms with E-state index >= 15 is 0 Å². The predicted molar refractivity (Wildman–Crippen MR) is 68.6 cm³/mol. The summed E-state index contributed by atoms with van der Waals surface area (Å²) >= 11 is 0. The number of hydrogen-bond acceptors (Lipinski definition) is 1. The van der Waals surface area contributed by atoms with Crippen LogP contribution in [0.15, 0.2) is 23.8 Å². The van der Waals surface area contributed by atoms with Gasteiger partial charge in [-0.2, -0.15) is 0 Å². The molecule has 0 aliphatic carbocycles. The van der Waals surface area contributed by atoms with Gasteiger partial charge in [0.2, 0.25) is 0 Å². The van der Waals surface area contributed by atoms with Gasteiger partial charge in [-0.25, -0.2) is 0 Å². The predicted octanol–water partition coefficient (Wildman–Crippen LogP) is 3.15. The molecule has 0 rings (SSSR count). The van der Waals surface area contributed by atoms with Crippen molar-refractivity contribution >= 4 is 0 Å². The molecule has 0 saturated heterocycles. The Morgan fingerprint density at radius 3 is 2.53 bits per heavy atom. The lowest BCUT2D eigenvalue weighted by molar-refractivity contribution is 0.499. The van der Waals surface area contributed by atoms with Crippen molar-refractivity contribution in [3.63, 3.8) is 0 Å². The summed E-state index contributed by atoms with van der Waals surface area (Å²) in [6.07, 6.45) is 7.54. The van der Waals surface area contributed by atoms with Gasteiger partial charge in [0, 0.05) is 6.04 Å². The first-order valence-corrected chi connectivity index (χ1v) is 5.55. The summed E-state index contributed by atoms with van der Waals surface area (Å²) in [5.74, 6) is 6.56. The highest BCUT2D eigenvalue weighted by atomic mass is 14.9. The zero-order valence-electron chi connectivity index (χ0n) is 10.6. The zero-order valence-corrected chi connectivity index (χ0v) is 10.6. The van der Waals surface area contributed by atoms with Gasteiger partial charge in [-0.05, 0) is 38.8 Å². The van der Waals surface area contributed by atoms with Crippen molar-refractivity contribution in [3.8, 4) is 11.8 Å². The highest BCUT2D eigenvalue weighted by Crippen LogP contribution is 2.03. The third kappa shape index (κ3) is 6.99. The molecule has 1 atom stereocenters. The van der Waals surface area contributed by atoms with E-state index in [1.807, 2.05) is 20.9 Å². The first kappa shape index (κ1) is 14.0. The van der Waals surface area contributed by atoms with Crippen molar-refractivity contribution in [1.82, 2.24) is 5.32 Å². The second-order valence-electron chi connectivity index (χ2n) is 3.98. The Kier molecular flexibility index (Phi) is 7.77. The van der Waals surface area contributed by atoms with Gasteiger partial charge in [-0.3, -0.25) is 0 Å². The maximum Gasteiger partial charge on any atom is 0.0270 e. The second kappa shape index (κ2) is 8.32. The van der Waals surface area contributed by atoms with Crippen LogP contribution in [-0.2, 0) is 0 Å². The van der Waals surface area contributed by atoms with E-state index in [9.17, 15) is 0 Å². The Morgan fingerprint density at radius 1 is 1.40 bits per heavy atom. The van der Waals surface area contributed by atoms with E-state index < -0.39 is 0 Å². The van der Waals surface area contributed by atoms with Gasteiger partial charge >= 0.3 is 0 Å². The van der Waals surface area contributed by atoms with Crippen LogP contribution in [0.1, 0.15) is 34.1 Å². The average Bonchev–Trinajstić information content (AvgIpc) is 2.17. The first-order valence-electron chi connectivity index (χ1n) is 5.55. The largest absolute Gasteiger partial charge is 0.313 e. The Morgan fingerprint density at radius 2 is 2.07 bits per heavy atom. The van der Waals surface area contributed by atoms with Crippen LogP contribution in [0.25, 0.3) is 0 Å². The lowest BCUT2D eigenvalue weighted by Crippen LogP contribution is -2.28. The van der Waals surface area contributed by atoms with E-state index in [0.717, 1.165) is 12.0 Å². The van der Waals surface area contributed by atoms with E-state index in [4.69, 9.17) is 0 Å². The fourth-order valence-corrected chi connectivity index (χ4v) is 1.37. The Hall–Kier alpha value is -1.00. The minimum absolute atomic E-state index is 0.468. The van der Waals surface area contributed by atoms with E-state index in [-0.39, 0.29) is 0 Å². The van der Waals surface area contributed by atoms with Gasteiger partial charge in [0.1, 0.15) is 0 Å². The normalized spacial score (nSPS) is 14.1. The van der Waals surface area contributed by atoms with E-state index in [1.165, 1.54) is 0 Å². The summed E-state index contributed by atoms with van der Waals surface area (Å²) in [5.41, 5.74) is 1.15. The molecular weight excluding hydrogens is 182 g/mol. The number of rotatable bonds is 5. The highest BCUT2D eigenvalue weighted by molar-refractivity contribution is 5.26. The molecule has 0 amide bonds. The van der Waals surface area contributed by atoms with Gasteiger partial charge in [0.15, 0.2) is 0 Å². The van der Waals surface area contributed by atoms with Crippen LogP contribution in [-0.4, -0.2) is 13.1 Å². The lowest BCUT2D eigenvalue weighted by Gasteiger charge is -2.15. The summed E-state index contributed by atoms with van der Waals surface area (Å²) in [6.45, 7) is 8.34. The number of allylic oxidation sites excluding steroid dienone is 3. The van der Waals surface area contributed by atoms with Crippen LogP contribution in [0.3, 0.4) is 0 Å². The summed E-state index contributed by atoms with van der Waals surface area (Å²) in [4.78, 5) is 0. The van der Waals surface area contributed by atoms with Gasteiger partial charge in [-0.15, -0.1) is 5.92 Å². The lowest BCUT2D eigenvalue weighted by atomic mass is 10.0. The Labute approximate surface area is 94.7 Å². The summed E-state index contributed by atoms with van der Waals surface area (Å²) in [6, 6.07) is 0.468. The molecule has 0 saturated carbocycles. The fraction of sp³-hybridized carbons (Fsp3) is 0.571. The SMILES string of the molecule is CC#C/C(C)=C/C/C=C\C(NC)C(C)C. The monoisotopic (exact) mass is 205 g/mol. The molecule has 1 N–H and O–H groups in total. The van der Waals surface area contributed by atoms with Crippen LogP contribution in [0.5, 0.6) is 0 Å². The molecule has 15 heavy (non-hydrogen) atoms. The summed E-state index contributed by atoms with van der Waals surface area (Å²) < 4.78 is 0. The van der Waals surface area contributed by atoms with Crippen LogP contribution in [0.2, 0.25) is 0 Å². The minimum atomic E-state index is 0.468. The van der Waals surface area contributed by atoms with Crippen LogP contribution < -0.4 is 5.32 Å². The molecule has 0 aliphatic rings. The molecule has 0 aliphatic heterocycles. The van der Waals surface area contributed by atoms with Crippen LogP contribution in [0.4, 0.5) is 0 Å². The minimum Gasteiger partial charge on any atom is -0.313 e. The molecule has 0 radical (unpaired) electrons. The molecule has 0 spiro atoms. The highest BCUT2D eigenvalue weighted by Gasteiger charge is 2.04. The number of likely N-dealkylation sites (N-methyl/N-ethyl adjacent to an activating group) is 1. The quantitative estimate of drug-likeness (QED) is 0.537. The van der Waals surface area contributed by atoms with Crippen molar-refractivity contribution in [2.75, 3.05) is 7.05 Å². The second-order valence-corrected chi connectivity index (χ2v) is 3.98. The molecule has 84 valence electrons. The maximum atomic E-state index is 3.28. The molecule has 0 aromatic rings. The Bertz CT molecular complexity index is 273. The maximum absolute atomic E-state index is 3.28. The summed E-state index contributed by atoms with van der Waals surface area (Å²) in [5, 5.41) is 3.28. The van der Waals surface area contributed by atoms with E-state index in [2.05, 4.69) is 49.2 Å². The molecule has 1 heteroatoms. The van der Waals surface area contributed by atoms with Crippen LogP contribution >= 0.6 is 0 Å².